The van der Waals surface area contributed by atoms with Crippen LogP contribution in [0.1, 0.15) is 33.6 Å². The molecule has 1 unspecified atom stereocenters. The number of hydrogen-bond acceptors (Lipinski definition) is 2. The molecule has 0 N–H and O–H groups in total. The van der Waals surface area contributed by atoms with E-state index in [4.69, 9.17) is 4.74 Å². The van der Waals surface area contributed by atoms with Gasteiger partial charge in [-0.15, -0.1) is 6.58 Å². The lowest BCUT2D eigenvalue weighted by Crippen LogP contribution is -2.27. The third-order valence-corrected chi connectivity index (χ3v) is 3.96. The molecule has 0 spiro atoms. The summed E-state index contributed by atoms with van der Waals surface area (Å²) >= 11 is 0. The van der Waals surface area contributed by atoms with E-state index >= 15 is 0 Å². The van der Waals surface area contributed by atoms with Gasteiger partial charge in [-0.1, -0.05) is 25.2 Å². The second-order valence-electron chi connectivity index (χ2n) is 5.29. The molecule has 0 saturated heterocycles. The predicted octanol–water partition coefficient (Wildman–Crippen LogP) is 3.59. The first-order valence-corrected chi connectivity index (χ1v) is 6.38. The van der Waals surface area contributed by atoms with Gasteiger partial charge in [-0.25, -0.2) is 0 Å². The Kier molecular flexibility index (Phi) is 4.98. The van der Waals surface area contributed by atoms with E-state index in [-0.39, 0.29) is 11.9 Å². The zero-order valence-electron chi connectivity index (χ0n) is 11.2. The molecule has 0 aromatic carbocycles. The molecule has 0 aromatic heterocycles. The van der Waals surface area contributed by atoms with E-state index in [1.165, 1.54) is 25.3 Å². The van der Waals surface area contributed by atoms with E-state index in [1.54, 1.807) is 0 Å². The standard InChI is InChI=1S/C15H24O2/c1-6-13(9-17-12(5)16)15-11(4)7-8-14(15)10(2)3/h6,11,13-15H,1-2,7-9H2,3-5H3/t11-,13?,14-,15-/m1/s1. The molecule has 0 radical (unpaired) electrons. The second kappa shape index (κ2) is 6.04. The molecule has 0 heterocycles. The maximum absolute atomic E-state index is 10.9. The van der Waals surface area contributed by atoms with Crippen LogP contribution in [0.4, 0.5) is 0 Å². The van der Waals surface area contributed by atoms with E-state index in [0.29, 0.717) is 24.4 Å². The zero-order chi connectivity index (χ0) is 13.0. The number of ether oxygens (including phenoxy) is 1. The third kappa shape index (κ3) is 3.45. The van der Waals surface area contributed by atoms with Crippen LogP contribution in [0.15, 0.2) is 24.8 Å². The number of carbonyl (C=O) groups is 1. The van der Waals surface area contributed by atoms with E-state index in [2.05, 4.69) is 27.0 Å². The summed E-state index contributed by atoms with van der Waals surface area (Å²) in [5, 5.41) is 0. The number of carbonyl (C=O) groups excluding carboxylic acids is 1. The van der Waals surface area contributed by atoms with Crippen molar-refractivity contribution in [2.24, 2.45) is 23.7 Å². The third-order valence-electron chi connectivity index (χ3n) is 3.96. The average Bonchev–Trinajstić information content (AvgIpc) is 2.62. The number of esters is 1. The summed E-state index contributed by atoms with van der Waals surface area (Å²) < 4.78 is 5.14. The summed E-state index contributed by atoms with van der Waals surface area (Å²) in [6.07, 6.45) is 4.36. The normalized spacial score (nSPS) is 29.7. The lowest BCUT2D eigenvalue weighted by atomic mass is 9.77. The van der Waals surface area contributed by atoms with Gasteiger partial charge in [0.05, 0.1) is 6.61 Å². The molecule has 96 valence electrons. The van der Waals surface area contributed by atoms with Crippen molar-refractivity contribution in [3.8, 4) is 0 Å². The minimum atomic E-state index is -0.214. The van der Waals surface area contributed by atoms with Crippen LogP contribution in [-0.4, -0.2) is 12.6 Å². The van der Waals surface area contributed by atoms with Crippen LogP contribution >= 0.6 is 0 Å². The van der Waals surface area contributed by atoms with Crippen LogP contribution in [0.3, 0.4) is 0 Å². The molecule has 2 heteroatoms. The van der Waals surface area contributed by atoms with Gasteiger partial charge in [0.15, 0.2) is 0 Å². The Hall–Kier alpha value is -1.05. The van der Waals surface area contributed by atoms with Crippen LogP contribution < -0.4 is 0 Å². The Morgan fingerprint density at radius 3 is 2.59 bits per heavy atom. The smallest absolute Gasteiger partial charge is 0.302 e. The van der Waals surface area contributed by atoms with Gasteiger partial charge in [0.2, 0.25) is 0 Å². The Morgan fingerprint density at radius 2 is 2.12 bits per heavy atom. The minimum Gasteiger partial charge on any atom is -0.465 e. The molecule has 1 fully saturated rings. The lowest BCUT2D eigenvalue weighted by Gasteiger charge is -2.29. The van der Waals surface area contributed by atoms with Crippen molar-refractivity contribution in [3.05, 3.63) is 24.8 Å². The molecule has 1 aliphatic carbocycles. The molecular weight excluding hydrogens is 212 g/mol. The molecule has 1 rings (SSSR count). The van der Waals surface area contributed by atoms with Gasteiger partial charge in [-0.3, -0.25) is 4.79 Å². The molecule has 4 atom stereocenters. The summed E-state index contributed by atoms with van der Waals surface area (Å²) in [6.45, 7) is 14.3. The SMILES string of the molecule is C=CC(COC(C)=O)[C@H]1[C@H](C)CC[C@@H]1C(=C)C. The first-order chi connectivity index (χ1) is 7.97. The molecule has 0 aliphatic heterocycles. The van der Waals surface area contributed by atoms with Gasteiger partial charge < -0.3 is 4.74 Å². The highest BCUT2D eigenvalue weighted by molar-refractivity contribution is 5.65. The van der Waals surface area contributed by atoms with Gasteiger partial charge in [0.1, 0.15) is 0 Å². The van der Waals surface area contributed by atoms with Crippen molar-refractivity contribution < 1.29 is 9.53 Å². The minimum absolute atomic E-state index is 0.214. The summed E-state index contributed by atoms with van der Waals surface area (Å²) in [6, 6.07) is 0. The van der Waals surface area contributed by atoms with E-state index in [0.717, 1.165) is 0 Å². The van der Waals surface area contributed by atoms with Crippen LogP contribution in [0.5, 0.6) is 0 Å². The summed E-state index contributed by atoms with van der Waals surface area (Å²) in [4.78, 5) is 10.9. The monoisotopic (exact) mass is 236 g/mol. The van der Waals surface area contributed by atoms with Crippen LogP contribution in [-0.2, 0) is 9.53 Å². The fourth-order valence-electron chi connectivity index (χ4n) is 3.07. The largest absolute Gasteiger partial charge is 0.465 e. The number of hydrogen-bond donors (Lipinski definition) is 0. The average molecular weight is 236 g/mol. The number of rotatable bonds is 5. The highest BCUT2D eigenvalue weighted by atomic mass is 16.5. The van der Waals surface area contributed by atoms with Gasteiger partial charge in [-0.05, 0) is 37.5 Å². The van der Waals surface area contributed by atoms with Gasteiger partial charge in [0, 0.05) is 12.8 Å². The van der Waals surface area contributed by atoms with Crippen molar-refractivity contribution in [1.82, 2.24) is 0 Å². The Labute approximate surface area is 105 Å². The quantitative estimate of drug-likeness (QED) is 0.538. The molecular formula is C15H24O2. The van der Waals surface area contributed by atoms with Gasteiger partial charge in [0.25, 0.3) is 0 Å². The first-order valence-electron chi connectivity index (χ1n) is 6.38. The molecule has 0 amide bonds. The van der Waals surface area contributed by atoms with Crippen LogP contribution in [0.2, 0.25) is 0 Å². The Balaban J connectivity index is 2.73. The van der Waals surface area contributed by atoms with Crippen molar-refractivity contribution in [3.63, 3.8) is 0 Å². The highest BCUT2D eigenvalue weighted by Gasteiger charge is 2.38. The van der Waals surface area contributed by atoms with Gasteiger partial charge >= 0.3 is 5.97 Å². The van der Waals surface area contributed by atoms with Crippen molar-refractivity contribution in [2.75, 3.05) is 6.61 Å². The van der Waals surface area contributed by atoms with E-state index in [9.17, 15) is 4.79 Å². The van der Waals surface area contributed by atoms with Crippen LogP contribution in [0.25, 0.3) is 0 Å². The molecule has 1 aliphatic rings. The summed E-state index contributed by atoms with van der Waals surface area (Å²) in [5.74, 6) is 1.75. The van der Waals surface area contributed by atoms with Crippen molar-refractivity contribution in [1.29, 1.82) is 0 Å². The summed E-state index contributed by atoms with van der Waals surface area (Å²) in [5.41, 5.74) is 1.24. The highest BCUT2D eigenvalue weighted by Crippen LogP contribution is 2.44. The molecule has 0 bridgehead atoms. The number of allylic oxidation sites excluding steroid dienone is 1. The fourth-order valence-corrected chi connectivity index (χ4v) is 3.07. The fraction of sp³-hybridized carbons (Fsp3) is 0.667. The maximum Gasteiger partial charge on any atom is 0.302 e. The molecule has 17 heavy (non-hydrogen) atoms. The molecule has 0 aromatic rings. The first kappa shape index (κ1) is 14.0. The summed E-state index contributed by atoms with van der Waals surface area (Å²) in [7, 11) is 0. The predicted molar refractivity (Wildman–Crippen MR) is 70.5 cm³/mol. The van der Waals surface area contributed by atoms with Crippen molar-refractivity contribution in [2.45, 2.75) is 33.6 Å². The maximum atomic E-state index is 10.9. The topological polar surface area (TPSA) is 26.3 Å². The lowest BCUT2D eigenvalue weighted by molar-refractivity contribution is -0.142. The molecule has 1 saturated carbocycles. The van der Waals surface area contributed by atoms with E-state index in [1.807, 2.05) is 6.08 Å². The zero-order valence-corrected chi connectivity index (χ0v) is 11.2. The Bertz CT molecular complexity index is 306. The molecule has 2 nitrogen and oxygen atoms in total. The van der Waals surface area contributed by atoms with Gasteiger partial charge in [-0.2, -0.15) is 0 Å². The second-order valence-corrected chi connectivity index (χ2v) is 5.29. The van der Waals surface area contributed by atoms with E-state index < -0.39 is 0 Å². The van der Waals surface area contributed by atoms with Crippen LogP contribution in [0, 0.1) is 23.7 Å². The van der Waals surface area contributed by atoms with Crippen molar-refractivity contribution >= 4 is 5.97 Å². The Morgan fingerprint density at radius 1 is 1.47 bits per heavy atom.